The fraction of sp³-hybridized carbons (Fsp3) is 0.0182. The number of para-hydroxylation sites is 2. The van der Waals surface area contributed by atoms with Gasteiger partial charge in [-0.3, -0.25) is 0 Å². The number of aromatic nitrogens is 1. The van der Waals surface area contributed by atoms with Crippen molar-refractivity contribution in [3.8, 4) is 39.1 Å². The van der Waals surface area contributed by atoms with Gasteiger partial charge in [-0.15, -0.1) is 0 Å². The summed E-state index contributed by atoms with van der Waals surface area (Å²) < 4.78 is 3.49. The molecule has 272 valence electrons. The van der Waals surface area contributed by atoms with E-state index in [1.54, 1.807) is 0 Å². The van der Waals surface area contributed by atoms with Gasteiger partial charge in [-0.1, -0.05) is 162 Å². The van der Waals surface area contributed by atoms with Gasteiger partial charge < -0.3 is 9.47 Å². The van der Waals surface area contributed by atoms with E-state index in [0.717, 1.165) is 27.2 Å². The van der Waals surface area contributed by atoms with Crippen LogP contribution in [0.4, 0.5) is 17.1 Å². The molecule has 0 amide bonds. The van der Waals surface area contributed by atoms with Crippen LogP contribution in [0, 0.1) is 0 Å². The molecule has 1 spiro atoms. The summed E-state index contributed by atoms with van der Waals surface area (Å²) in [6, 6.07) is 78.2. The maximum Gasteiger partial charge on any atom is 0.0726 e. The minimum absolute atomic E-state index is 0.473. The highest BCUT2D eigenvalue weighted by Crippen LogP contribution is 2.63. The molecule has 0 bridgehead atoms. The summed E-state index contributed by atoms with van der Waals surface area (Å²) in [5.41, 5.74) is 19.1. The molecule has 1 heterocycles. The molecular formula is C55H35BrN2. The smallest absolute Gasteiger partial charge is 0.0726 e. The first kappa shape index (κ1) is 33.2. The molecule has 10 aromatic rings. The molecule has 9 aromatic carbocycles. The first-order valence-electron chi connectivity index (χ1n) is 19.9. The van der Waals surface area contributed by atoms with Gasteiger partial charge >= 0.3 is 0 Å². The number of rotatable bonds is 5. The first-order chi connectivity index (χ1) is 28.7. The van der Waals surface area contributed by atoms with Gasteiger partial charge in [0.2, 0.25) is 0 Å². The molecule has 3 heteroatoms. The lowest BCUT2D eigenvalue weighted by atomic mass is 9.70. The molecule has 12 rings (SSSR count). The van der Waals surface area contributed by atoms with Crippen LogP contribution in [0.25, 0.3) is 60.9 Å². The van der Waals surface area contributed by atoms with Crippen molar-refractivity contribution in [2.24, 2.45) is 0 Å². The van der Waals surface area contributed by atoms with Gasteiger partial charge in [-0.05, 0) is 122 Å². The number of hydrogen-bond donors (Lipinski definition) is 0. The number of benzene rings is 9. The molecule has 0 saturated heterocycles. The zero-order chi connectivity index (χ0) is 38.4. The molecule has 2 aliphatic rings. The van der Waals surface area contributed by atoms with E-state index in [2.05, 4.69) is 238 Å². The van der Waals surface area contributed by atoms with Gasteiger partial charge in [-0.2, -0.15) is 0 Å². The van der Waals surface area contributed by atoms with Gasteiger partial charge in [0.1, 0.15) is 0 Å². The molecule has 0 fully saturated rings. The Morgan fingerprint density at radius 2 is 0.914 bits per heavy atom. The van der Waals surface area contributed by atoms with Crippen molar-refractivity contribution in [2.75, 3.05) is 4.90 Å². The van der Waals surface area contributed by atoms with Crippen LogP contribution >= 0.6 is 15.9 Å². The van der Waals surface area contributed by atoms with Crippen LogP contribution in [0.1, 0.15) is 22.3 Å². The molecule has 2 nitrogen and oxygen atoms in total. The Hall–Kier alpha value is -6.94. The van der Waals surface area contributed by atoms with Crippen molar-refractivity contribution < 1.29 is 0 Å². The Balaban J connectivity index is 1.14. The fourth-order valence-electron chi connectivity index (χ4n) is 10.1. The van der Waals surface area contributed by atoms with Crippen LogP contribution in [-0.4, -0.2) is 4.57 Å². The molecule has 0 saturated carbocycles. The molecule has 58 heavy (non-hydrogen) atoms. The summed E-state index contributed by atoms with van der Waals surface area (Å²) >= 11 is 3.89. The molecule has 0 radical (unpaired) electrons. The average molecular weight is 804 g/mol. The van der Waals surface area contributed by atoms with E-state index in [1.807, 2.05) is 0 Å². The second-order valence-electron chi connectivity index (χ2n) is 15.4. The van der Waals surface area contributed by atoms with Crippen molar-refractivity contribution in [1.82, 2.24) is 4.57 Å². The van der Waals surface area contributed by atoms with Crippen molar-refractivity contribution in [1.29, 1.82) is 0 Å². The first-order valence-corrected chi connectivity index (χ1v) is 20.7. The second-order valence-corrected chi connectivity index (χ2v) is 16.3. The lowest BCUT2D eigenvalue weighted by Crippen LogP contribution is -2.26. The van der Waals surface area contributed by atoms with Gasteiger partial charge in [0, 0.05) is 38.0 Å². The predicted molar refractivity (Wildman–Crippen MR) is 245 cm³/mol. The number of halogens is 1. The third-order valence-corrected chi connectivity index (χ3v) is 12.9. The maximum absolute atomic E-state index is 3.89. The SMILES string of the molecule is Brc1ccc2c(c1)C1(c3ccccc3-2)c2ccccc2-c2ccc(N(c3cccc(-c4ccccc4)c3)c3ccc4c5ccccc5n(-c5ccccc5)c4c3)cc21. The largest absolute Gasteiger partial charge is 0.310 e. The minimum atomic E-state index is -0.473. The summed E-state index contributed by atoms with van der Waals surface area (Å²) in [7, 11) is 0. The average Bonchev–Trinajstić information content (AvgIpc) is 3.88. The molecule has 0 aliphatic heterocycles. The monoisotopic (exact) mass is 802 g/mol. The Morgan fingerprint density at radius 3 is 1.69 bits per heavy atom. The predicted octanol–water partition coefficient (Wildman–Crippen LogP) is 15.0. The van der Waals surface area contributed by atoms with Gasteiger partial charge in [-0.25, -0.2) is 0 Å². The van der Waals surface area contributed by atoms with Gasteiger partial charge in [0.25, 0.3) is 0 Å². The molecule has 1 atom stereocenters. The van der Waals surface area contributed by atoms with E-state index in [-0.39, 0.29) is 0 Å². The Labute approximate surface area is 346 Å². The topological polar surface area (TPSA) is 8.17 Å². The van der Waals surface area contributed by atoms with Crippen LogP contribution in [-0.2, 0) is 5.41 Å². The molecule has 1 aromatic heterocycles. The van der Waals surface area contributed by atoms with Crippen molar-refractivity contribution in [3.63, 3.8) is 0 Å². The van der Waals surface area contributed by atoms with E-state index in [0.29, 0.717) is 0 Å². The lowest BCUT2D eigenvalue weighted by molar-refractivity contribution is 0.793. The highest BCUT2D eigenvalue weighted by atomic mass is 79.9. The van der Waals surface area contributed by atoms with Crippen LogP contribution in [0.2, 0.25) is 0 Å². The minimum Gasteiger partial charge on any atom is -0.310 e. The Kier molecular flexibility index (Phi) is 7.33. The van der Waals surface area contributed by atoms with E-state index < -0.39 is 5.41 Å². The van der Waals surface area contributed by atoms with Crippen LogP contribution in [0.15, 0.2) is 217 Å². The quantitative estimate of drug-likeness (QED) is 0.168. The molecule has 1 unspecified atom stereocenters. The van der Waals surface area contributed by atoms with Gasteiger partial charge in [0.05, 0.1) is 16.4 Å². The lowest BCUT2D eigenvalue weighted by Gasteiger charge is -2.32. The fourth-order valence-corrected chi connectivity index (χ4v) is 10.5. The summed E-state index contributed by atoms with van der Waals surface area (Å²) in [6.45, 7) is 0. The summed E-state index contributed by atoms with van der Waals surface area (Å²) in [5.74, 6) is 0. The summed E-state index contributed by atoms with van der Waals surface area (Å²) in [4.78, 5) is 2.46. The standard InChI is InChI=1S/C55H35BrN2/c56-38-26-29-45-43-20-7-10-23-49(43)55(51(45)33-38)50-24-11-8-21-44(50)46-30-27-41(34-52(46)55)57(40-19-13-16-37(32-40)36-14-3-1-4-15-36)42-28-31-48-47-22-9-12-25-53(47)58(54(48)35-42)39-17-5-2-6-18-39/h1-35H. The highest BCUT2D eigenvalue weighted by Gasteiger charge is 2.51. The van der Waals surface area contributed by atoms with Crippen molar-refractivity contribution in [2.45, 2.75) is 5.41 Å². The van der Waals surface area contributed by atoms with Crippen LogP contribution in [0.3, 0.4) is 0 Å². The van der Waals surface area contributed by atoms with Crippen molar-refractivity contribution in [3.05, 3.63) is 239 Å². The second kappa shape index (κ2) is 12.8. The van der Waals surface area contributed by atoms with Crippen LogP contribution in [0.5, 0.6) is 0 Å². The number of anilines is 3. The van der Waals surface area contributed by atoms with Gasteiger partial charge in [0.15, 0.2) is 0 Å². The van der Waals surface area contributed by atoms with E-state index in [9.17, 15) is 0 Å². The third kappa shape index (κ3) is 4.71. The summed E-state index contributed by atoms with van der Waals surface area (Å²) in [6.07, 6.45) is 0. The van der Waals surface area contributed by atoms with E-state index >= 15 is 0 Å². The van der Waals surface area contributed by atoms with Crippen LogP contribution < -0.4 is 4.90 Å². The normalized spacial score (nSPS) is 14.7. The molecular weight excluding hydrogens is 769 g/mol. The zero-order valence-electron chi connectivity index (χ0n) is 31.5. The molecule has 0 N–H and O–H groups in total. The van der Waals surface area contributed by atoms with E-state index in [4.69, 9.17) is 0 Å². The maximum atomic E-state index is 3.89. The third-order valence-electron chi connectivity index (χ3n) is 12.4. The highest BCUT2D eigenvalue weighted by molar-refractivity contribution is 9.10. The Morgan fingerprint density at radius 1 is 0.362 bits per heavy atom. The van der Waals surface area contributed by atoms with E-state index in [1.165, 1.54) is 77.4 Å². The number of hydrogen-bond acceptors (Lipinski definition) is 1. The number of nitrogens with zero attached hydrogens (tertiary/aromatic N) is 2. The zero-order valence-corrected chi connectivity index (χ0v) is 33.1. The number of fused-ring (bicyclic) bond motifs is 13. The molecule has 2 aliphatic carbocycles. The Bertz CT molecular complexity index is 3240. The van der Waals surface area contributed by atoms with Crippen molar-refractivity contribution >= 4 is 54.8 Å². The summed E-state index contributed by atoms with van der Waals surface area (Å²) in [5, 5.41) is 2.47.